The fourth-order valence-corrected chi connectivity index (χ4v) is 2.54. The third kappa shape index (κ3) is 4.20. The molecule has 2 aromatic rings. The molecule has 21 heavy (non-hydrogen) atoms. The van der Waals surface area contributed by atoms with Crippen molar-refractivity contribution >= 4 is 0 Å². The van der Waals surface area contributed by atoms with E-state index < -0.39 is 0 Å². The van der Waals surface area contributed by atoms with E-state index in [1.165, 1.54) is 5.56 Å². The molecular formula is C19H23NO. The molecule has 110 valence electrons. The fourth-order valence-electron chi connectivity index (χ4n) is 2.54. The molecule has 0 radical (unpaired) electrons. The summed E-state index contributed by atoms with van der Waals surface area (Å²) in [4.78, 5) is 0. The molecule has 2 aromatic carbocycles. The summed E-state index contributed by atoms with van der Waals surface area (Å²) in [6.07, 6.45) is 3.74. The number of nitrogens with one attached hydrogen (secondary N) is 1. The van der Waals surface area contributed by atoms with E-state index in [0.717, 1.165) is 18.4 Å². The molecule has 0 aliphatic carbocycles. The van der Waals surface area contributed by atoms with Gasteiger partial charge >= 0.3 is 0 Å². The molecule has 0 heterocycles. The molecule has 0 saturated heterocycles. The molecule has 0 unspecified atom stereocenters. The Morgan fingerprint density at radius 1 is 1.10 bits per heavy atom. The monoisotopic (exact) mass is 281 g/mol. The van der Waals surface area contributed by atoms with Crippen LogP contribution in [0.25, 0.3) is 0 Å². The first-order valence-corrected chi connectivity index (χ1v) is 7.42. The zero-order chi connectivity index (χ0) is 15.1. The lowest BCUT2D eigenvalue weighted by molar-refractivity contribution is 0.413. The summed E-state index contributed by atoms with van der Waals surface area (Å²) in [6, 6.07) is 18.2. The number of aromatic hydroxyl groups is 1. The highest BCUT2D eigenvalue weighted by molar-refractivity contribution is 5.35. The molecule has 0 fully saturated rings. The Morgan fingerprint density at radius 2 is 1.76 bits per heavy atom. The van der Waals surface area contributed by atoms with Crippen LogP contribution < -0.4 is 5.32 Å². The smallest absolute Gasteiger partial charge is 0.120 e. The summed E-state index contributed by atoms with van der Waals surface area (Å²) in [5.41, 5.74) is 2.19. The van der Waals surface area contributed by atoms with Crippen LogP contribution in [0, 0.1) is 0 Å². The zero-order valence-electron chi connectivity index (χ0n) is 12.5. The van der Waals surface area contributed by atoms with E-state index in [4.69, 9.17) is 0 Å². The quantitative estimate of drug-likeness (QED) is 0.718. The lowest BCUT2D eigenvalue weighted by Crippen LogP contribution is -2.24. The molecule has 0 amide bonds. The summed E-state index contributed by atoms with van der Waals surface area (Å²) in [5.74, 6) is 0.347. The van der Waals surface area contributed by atoms with Gasteiger partial charge in [0, 0.05) is 17.6 Å². The number of hydrogen-bond donors (Lipinski definition) is 2. The van der Waals surface area contributed by atoms with Crippen LogP contribution in [0.3, 0.4) is 0 Å². The van der Waals surface area contributed by atoms with Gasteiger partial charge in [-0.3, -0.25) is 0 Å². The topological polar surface area (TPSA) is 32.3 Å². The van der Waals surface area contributed by atoms with Crippen LogP contribution in [0.2, 0.25) is 0 Å². The maximum absolute atomic E-state index is 10.1. The van der Waals surface area contributed by atoms with Crippen LogP contribution in [-0.4, -0.2) is 5.11 Å². The Bertz CT molecular complexity index is 565. The molecule has 2 nitrogen and oxygen atoms in total. The van der Waals surface area contributed by atoms with Crippen LogP contribution in [-0.2, 0) is 0 Å². The van der Waals surface area contributed by atoms with E-state index in [1.807, 2.05) is 42.5 Å². The van der Waals surface area contributed by atoms with Gasteiger partial charge < -0.3 is 10.4 Å². The van der Waals surface area contributed by atoms with Crippen molar-refractivity contribution in [2.45, 2.75) is 31.8 Å². The number of para-hydroxylation sites is 1. The molecule has 0 aromatic heterocycles. The zero-order valence-corrected chi connectivity index (χ0v) is 12.5. The minimum atomic E-state index is 0.111. The summed E-state index contributed by atoms with van der Waals surface area (Å²) >= 11 is 0. The summed E-state index contributed by atoms with van der Waals surface area (Å²) in [5, 5.41) is 13.7. The average molecular weight is 281 g/mol. The van der Waals surface area contributed by atoms with E-state index in [2.05, 4.69) is 31.0 Å². The molecule has 0 aliphatic rings. The minimum Gasteiger partial charge on any atom is -0.508 e. The molecule has 0 aliphatic heterocycles. The molecular weight excluding hydrogens is 258 g/mol. The van der Waals surface area contributed by atoms with Gasteiger partial charge in [-0.25, -0.2) is 0 Å². The second-order valence-electron chi connectivity index (χ2n) is 5.28. The Hall–Kier alpha value is -2.06. The molecule has 0 spiro atoms. The van der Waals surface area contributed by atoms with E-state index in [9.17, 15) is 5.11 Å². The summed E-state index contributed by atoms with van der Waals surface area (Å²) in [6.45, 7) is 5.94. The normalized spacial score (nSPS) is 13.6. The first-order chi connectivity index (χ1) is 10.2. The molecule has 2 heteroatoms. The number of benzene rings is 2. The van der Waals surface area contributed by atoms with Gasteiger partial charge in [-0.1, -0.05) is 54.6 Å². The predicted molar refractivity (Wildman–Crippen MR) is 88.3 cm³/mol. The van der Waals surface area contributed by atoms with Gasteiger partial charge in [-0.05, 0) is 31.4 Å². The highest BCUT2D eigenvalue weighted by Gasteiger charge is 2.17. The first-order valence-electron chi connectivity index (χ1n) is 7.42. The highest BCUT2D eigenvalue weighted by atomic mass is 16.3. The number of hydrogen-bond acceptors (Lipinski definition) is 2. The molecule has 0 saturated carbocycles. The Kier molecular flexibility index (Phi) is 5.59. The van der Waals surface area contributed by atoms with Crippen molar-refractivity contribution in [1.29, 1.82) is 0 Å². The predicted octanol–water partition coefficient (Wildman–Crippen LogP) is 4.75. The average Bonchev–Trinajstić information content (AvgIpc) is 2.53. The third-order valence-electron chi connectivity index (χ3n) is 3.72. The van der Waals surface area contributed by atoms with E-state index in [-0.39, 0.29) is 12.1 Å². The van der Waals surface area contributed by atoms with Crippen molar-refractivity contribution in [3.05, 3.63) is 78.4 Å². The highest BCUT2D eigenvalue weighted by Crippen LogP contribution is 2.29. The van der Waals surface area contributed by atoms with Gasteiger partial charge in [-0.15, -0.1) is 6.58 Å². The Labute approximate surface area is 127 Å². The van der Waals surface area contributed by atoms with Gasteiger partial charge in [0.1, 0.15) is 5.75 Å². The largest absolute Gasteiger partial charge is 0.508 e. The van der Waals surface area contributed by atoms with E-state index in [0.29, 0.717) is 5.75 Å². The van der Waals surface area contributed by atoms with E-state index in [1.54, 1.807) is 6.07 Å². The Balaban J connectivity index is 2.17. The second-order valence-corrected chi connectivity index (χ2v) is 5.28. The third-order valence-corrected chi connectivity index (χ3v) is 3.72. The van der Waals surface area contributed by atoms with Gasteiger partial charge in [0.2, 0.25) is 0 Å². The summed E-state index contributed by atoms with van der Waals surface area (Å²) < 4.78 is 0. The van der Waals surface area contributed by atoms with Crippen LogP contribution in [0.4, 0.5) is 0 Å². The standard InChI is InChI=1S/C19H23NO/c1-3-4-13-18(17-12-8-9-14-19(17)21)20-15(2)16-10-6-5-7-11-16/h3,5-12,14-15,18,20-21H,1,4,13H2,2H3/t15-,18+/m1/s1. The van der Waals surface area contributed by atoms with Gasteiger partial charge in [0.25, 0.3) is 0 Å². The van der Waals surface area contributed by atoms with Crippen LogP contribution in [0.5, 0.6) is 5.75 Å². The van der Waals surface area contributed by atoms with Gasteiger partial charge in [0.05, 0.1) is 0 Å². The van der Waals surface area contributed by atoms with Gasteiger partial charge in [-0.2, -0.15) is 0 Å². The first kappa shape index (κ1) is 15.3. The Morgan fingerprint density at radius 3 is 2.43 bits per heavy atom. The molecule has 2 atom stereocenters. The number of phenolic OH excluding ortho intramolecular Hbond substituents is 1. The minimum absolute atomic E-state index is 0.111. The number of phenols is 1. The van der Waals surface area contributed by atoms with Gasteiger partial charge in [0.15, 0.2) is 0 Å². The van der Waals surface area contributed by atoms with Crippen LogP contribution >= 0.6 is 0 Å². The number of rotatable bonds is 7. The van der Waals surface area contributed by atoms with Crippen molar-refractivity contribution in [3.8, 4) is 5.75 Å². The lowest BCUT2D eigenvalue weighted by atomic mass is 9.98. The van der Waals surface area contributed by atoms with Crippen molar-refractivity contribution in [2.24, 2.45) is 0 Å². The van der Waals surface area contributed by atoms with Crippen LogP contribution in [0.1, 0.15) is 43.0 Å². The second kappa shape index (κ2) is 7.65. The number of allylic oxidation sites excluding steroid dienone is 1. The van der Waals surface area contributed by atoms with E-state index >= 15 is 0 Å². The molecule has 2 N–H and O–H groups in total. The van der Waals surface area contributed by atoms with Crippen molar-refractivity contribution in [1.82, 2.24) is 5.32 Å². The fraction of sp³-hybridized carbons (Fsp3) is 0.263. The maximum Gasteiger partial charge on any atom is 0.120 e. The lowest BCUT2D eigenvalue weighted by Gasteiger charge is -2.24. The summed E-state index contributed by atoms with van der Waals surface area (Å²) in [7, 11) is 0. The van der Waals surface area contributed by atoms with Crippen molar-refractivity contribution in [3.63, 3.8) is 0 Å². The molecule has 2 rings (SSSR count). The maximum atomic E-state index is 10.1. The van der Waals surface area contributed by atoms with Crippen molar-refractivity contribution < 1.29 is 5.11 Å². The van der Waals surface area contributed by atoms with Crippen LogP contribution in [0.15, 0.2) is 67.3 Å². The molecule has 0 bridgehead atoms. The van der Waals surface area contributed by atoms with Crippen molar-refractivity contribution in [2.75, 3.05) is 0 Å². The SMILES string of the molecule is C=CCC[C@H](N[C@H](C)c1ccccc1)c1ccccc1O.